The largest absolute Gasteiger partial charge is 0.466 e. The summed E-state index contributed by atoms with van der Waals surface area (Å²) in [5.41, 5.74) is 2.57. The summed E-state index contributed by atoms with van der Waals surface area (Å²) < 4.78 is 10.2. The molecule has 4 heteroatoms. The summed E-state index contributed by atoms with van der Waals surface area (Å²) in [5, 5.41) is 0. The Morgan fingerprint density at radius 3 is 3.19 bits per heavy atom. The number of rotatable bonds is 4. The molecule has 0 aliphatic carbocycles. The summed E-state index contributed by atoms with van der Waals surface area (Å²) in [6.45, 7) is 2.22. The average molecular weight is 219 g/mol. The molecule has 0 aliphatic heterocycles. The van der Waals surface area contributed by atoms with Crippen LogP contribution in [0.2, 0.25) is 0 Å². The second-order valence-corrected chi connectivity index (χ2v) is 3.42. The van der Waals surface area contributed by atoms with Gasteiger partial charge in [0.2, 0.25) is 0 Å². The van der Waals surface area contributed by atoms with Gasteiger partial charge >= 0.3 is 5.97 Å². The van der Waals surface area contributed by atoms with Crippen LogP contribution in [0.5, 0.6) is 0 Å². The monoisotopic (exact) mass is 219 g/mol. The number of hydrogen-bond donors (Lipinski definition) is 0. The van der Waals surface area contributed by atoms with E-state index in [0.29, 0.717) is 19.4 Å². The maximum Gasteiger partial charge on any atom is 0.306 e. The van der Waals surface area contributed by atoms with Crippen LogP contribution in [-0.2, 0) is 16.0 Å². The van der Waals surface area contributed by atoms with Crippen LogP contribution in [0.4, 0.5) is 0 Å². The second kappa shape index (κ2) is 4.79. The Labute approximate surface area is 93.2 Å². The van der Waals surface area contributed by atoms with Gasteiger partial charge in [0.25, 0.3) is 0 Å². The van der Waals surface area contributed by atoms with E-state index < -0.39 is 0 Å². The van der Waals surface area contributed by atoms with E-state index in [1.807, 2.05) is 18.2 Å². The minimum absolute atomic E-state index is 0.181. The van der Waals surface area contributed by atoms with Gasteiger partial charge in [0, 0.05) is 6.42 Å². The number of ether oxygens (including phenoxy) is 1. The third-order valence-electron chi connectivity index (χ3n) is 2.34. The normalized spacial score (nSPS) is 10.6. The van der Waals surface area contributed by atoms with Crippen molar-refractivity contribution in [3.63, 3.8) is 0 Å². The quantitative estimate of drug-likeness (QED) is 0.740. The SMILES string of the molecule is CCOC(=O)CCc1cccc2ncoc12. The van der Waals surface area contributed by atoms with Gasteiger partial charge in [-0.25, -0.2) is 4.98 Å². The van der Waals surface area contributed by atoms with Crippen molar-refractivity contribution in [2.45, 2.75) is 19.8 Å². The van der Waals surface area contributed by atoms with Crippen LogP contribution in [0.1, 0.15) is 18.9 Å². The van der Waals surface area contributed by atoms with Gasteiger partial charge in [-0.2, -0.15) is 0 Å². The third kappa shape index (κ3) is 2.21. The highest BCUT2D eigenvalue weighted by atomic mass is 16.5. The van der Waals surface area contributed by atoms with Crippen LogP contribution in [0.3, 0.4) is 0 Å². The van der Waals surface area contributed by atoms with Crippen molar-refractivity contribution in [2.24, 2.45) is 0 Å². The van der Waals surface area contributed by atoms with Gasteiger partial charge in [-0.05, 0) is 25.0 Å². The highest BCUT2D eigenvalue weighted by Gasteiger charge is 2.08. The Morgan fingerprint density at radius 2 is 2.38 bits per heavy atom. The molecule has 0 amide bonds. The number of nitrogens with zero attached hydrogens (tertiary/aromatic N) is 1. The number of carbonyl (C=O) groups excluding carboxylic acids is 1. The minimum Gasteiger partial charge on any atom is -0.466 e. The van der Waals surface area contributed by atoms with E-state index in [-0.39, 0.29) is 5.97 Å². The first-order valence-corrected chi connectivity index (χ1v) is 5.28. The Kier molecular flexibility index (Phi) is 3.19. The van der Waals surface area contributed by atoms with E-state index in [4.69, 9.17) is 9.15 Å². The molecule has 0 bridgehead atoms. The molecule has 4 nitrogen and oxygen atoms in total. The molecule has 0 radical (unpaired) electrons. The van der Waals surface area contributed by atoms with E-state index in [0.717, 1.165) is 16.7 Å². The van der Waals surface area contributed by atoms with Crippen molar-refractivity contribution in [1.29, 1.82) is 0 Å². The van der Waals surface area contributed by atoms with Gasteiger partial charge in [-0.15, -0.1) is 0 Å². The third-order valence-corrected chi connectivity index (χ3v) is 2.34. The lowest BCUT2D eigenvalue weighted by atomic mass is 10.1. The molecule has 2 aromatic rings. The molecule has 1 aromatic carbocycles. The molecule has 0 atom stereocenters. The maximum atomic E-state index is 11.2. The molecule has 0 saturated heterocycles. The molecule has 0 aliphatic rings. The summed E-state index contributed by atoms with van der Waals surface area (Å²) >= 11 is 0. The number of hydrogen-bond acceptors (Lipinski definition) is 4. The van der Waals surface area contributed by atoms with Crippen molar-refractivity contribution in [3.05, 3.63) is 30.2 Å². The second-order valence-electron chi connectivity index (χ2n) is 3.42. The number of benzene rings is 1. The van der Waals surface area contributed by atoms with Gasteiger partial charge in [0.05, 0.1) is 6.61 Å². The zero-order chi connectivity index (χ0) is 11.4. The molecule has 0 unspecified atom stereocenters. The molecule has 1 heterocycles. The van der Waals surface area contributed by atoms with Crippen LogP contribution in [0.15, 0.2) is 29.0 Å². The Balaban J connectivity index is 2.09. The van der Waals surface area contributed by atoms with Gasteiger partial charge in [-0.1, -0.05) is 12.1 Å². The van der Waals surface area contributed by atoms with Crippen LogP contribution >= 0.6 is 0 Å². The van der Waals surface area contributed by atoms with Gasteiger partial charge in [0.1, 0.15) is 5.52 Å². The number of carbonyl (C=O) groups is 1. The molecule has 1 aromatic heterocycles. The van der Waals surface area contributed by atoms with E-state index in [2.05, 4.69) is 4.98 Å². The van der Waals surface area contributed by atoms with Crippen LogP contribution in [-0.4, -0.2) is 17.6 Å². The molecule has 0 fully saturated rings. The molecule has 0 spiro atoms. The van der Waals surface area contributed by atoms with Crippen molar-refractivity contribution >= 4 is 17.1 Å². The molecular formula is C12H13NO3. The van der Waals surface area contributed by atoms with E-state index in [1.54, 1.807) is 6.92 Å². The lowest BCUT2D eigenvalue weighted by molar-refractivity contribution is -0.143. The molecule has 0 saturated carbocycles. The number of oxazole rings is 1. The van der Waals surface area contributed by atoms with Crippen molar-refractivity contribution in [2.75, 3.05) is 6.61 Å². The van der Waals surface area contributed by atoms with E-state index in [9.17, 15) is 4.79 Å². The fraction of sp³-hybridized carbons (Fsp3) is 0.333. The van der Waals surface area contributed by atoms with E-state index in [1.165, 1.54) is 6.39 Å². The summed E-state index contributed by atoms with van der Waals surface area (Å²) in [5.74, 6) is -0.181. The smallest absolute Gasteiger partial charge is 0.306 e. The van der Waals surface area contributed by atoms with Crippen LogP contribution in [0, 0.1) is 0 Å². The minimum atomic E-state index is -0.181. The summed E-state index contributed by atoms with van der Waals surface area (Å²) in [7, 11) is 0. The van der Waals surface area contributed by atoms with E-state index >= 15 is 0 Å². The predicted octanol–water partition coefficient (Wildman–Crippen LogP) is 2.32. The van der Waals surface area contributed by atoms with Crippen LogP contribution in [0.25, 0.3) is 11.1 Å². The van der Waals surface area contributed by atoms with Gasteiger partial charge in [-0.3, -0.25) is 4.79 Å². The fourth-order valence-electron chi connectivity index (χ4n) is 1.61. The average Bonchev–Trinajstić information content (AvgIpc) is 2.75. The summed E-state index contributed by atoms with van der Waals surface area (Å²) in [4.78, 5) is 15.3. The molecular weight excluding hydrogens is 206 g/mol. The topological polar surface area (TPSA) is 52.3 Å². The van der Waals surface area contributed by atoms with Crippen molar-refractivity contribution in [1.82, 2.24) is 4.98 Å². The molecule has 16 heavy (non-hydrogen) atoms. The zero-order valence-electron chi connectivity index (χ0n) is 9.10. The predicted molar refractivity (Wildman–Crippen MR) is 59.0 cm³/mol. The van der Waals surface area contributed by atoms with Crippen molar-refractivity contribution in [3.8, 4) is 0 Å². The number of fused-ring (bicyclic) bond motifs is 1. The summed E-state index contributed by atoms with van der Waals surface area (Å²) in [6, 6.07) is 5.73. The number of aryl methyl sites for hydroxylation is 1. The summed E-state index contributed by atoms with van der Waals surface area (Å²) in [6.07, 6.45) is 2.40. The lowest BCUT2D eigenvalue weighted by Crippen LogP contribution is -2.05. The highest BCUT2D eigenvalue weighted by molar-refractivity contribution is 5.77. The first-order chi connectivity index (χ1) is 7.81. The Bertz CT molecular complexity index is 490. The zero-order valence-corrected chi connectivity index (χ0v) is 9.10. The number of aromatic nitrogens is 1. The molecule has 0 N–H and O–H groups in total. The first kappa shape index (κ1) is 10.7. The Morgan fingerprint density at radius 1 is 1.50 bits per heavy atom. The maximum absolute atomic E-state index is 11.2. The molecule has 84 valence electrons. The lowest BCUT2D eigenvalue weighted by Gasteiger charge is -2.02. The highest BCUT2D eigenvalue weighted by Crippen LogP contribution is 2.18. The standard InChI is InChI=1S/C12H13NO3/c1-2-15-11(14)7-6-9-4-3-5-10-12(9)16-8-13-10/h3-5,8H,2,6-7H2,1H3. The Hall–Kier alpha value is -1.84. The fourth-order valence-corrected chi connectivity index (χ4v) is 1.61. The van der Waals surface area contributed by atoms with Crippen LogP contribution < -0.4 is 0 Å². The van der Waals surface area contributed by atoms with Gasteiger partial charge < -0.3 is 9.15 Å². The molecule has 2 rings (SSSR count). The van der Waals surface area contributed by atoms with Crippen molar-refractivity contribution < 1.29 is 13.9 Å². The van der Waals surface area contributed by atoms with Gasteiger partial charge in [0.15, 0.2) is 12.0 Å². The number of esters is 1. The first-order valence-electron chi connectivity index (χ1n) is 5.28. The number of para-hydroxylation sites is 1.